The highest BCUT2D eigenvalue weighted by Crippen LogP contribution is 2.23. The summed E-state index contributed by atoms with van der Waals surface area (Å²) in [5.74, 6) is 0. The summed E-state index contributed by atoms with van der Waals surface area (Å²) in [5, 5.41) is 0.761. The molecule has 2 nitrogen and oxygen atoms in total. The first-order chi connectivity index (χ1) is 6.72. The molecule has 3 heteroatoms. The molecule has 0 aliphatic carbocycles. The number of nitrogens with two attached hydrogens (primary N) is 1. The molecule has 2 N–H and O–H groups in total. The van der Waals surface area contributed by atoms with Crippen molar-refractivity contribution in [1.29, 1.82) is 0 Å². The number of hydrogen-bond acceptors (Lipinski definition) is 2. The van der Waals surface area contributed by atoms with Gasteiger partial charge in [0.05, 0.1) is 0 Å². The Balaban J connectivity index is 2.95. The Labute approximate surface area is 90.7 Å². The molecule has 1 aromatic rings. The van der Waals surface area contributed by atoms with E-state index in [0.717, 1.165) is 29.4 Å². The number of rotatable bonds is 4. The lowest BCUT2D eigenvalue weighted by Gasteiger charge is -2.21. The highest BCUT2D eigenvalue weighted by atomic mass is 35.5. The molecule has 0 aromatic heterocycles. The summed E-state index contributed by atoms with van der Waals surface area (Å²) >= 11 is 6.08. The van der Waals surface area contributed by atoms with E-state index in [4.69, 9.17) is 17.3 Å². The number of halogens is 1. The fourth-order valence-corrected chi connectivity index (χ4v) is 1.74. The van der Waals surface area contributed by atoms with Crippen LogP contribution in [0, 0.1) is 0 Å². The molecule has 0 heterocycles. The lowest BCUT2D eigenvalue weighted by Crippen LogP contribution is -2.21. The fraction of sp³-hybridized carbons (Fsp3) is 0.455. The topological polar surface area (TPSA) is 29.3 Å². The van der Waals surface area contributed by atoms with Crippen LogP contribution in [-0.2, 0) is 6.54 Å². The van der Waals surface area contributed by atoms with Gasteiger partial charge in [-0.05, 0) is 31.5 Å². The Kier molecular flexibility index (Phi) is 4.23. The quantitative estimate of drug-likeness (QED) is 0.832. The van der Waals surface area contributed by atoms with E-state index < -0.39 is 0 Å². The van der Waals surface area contributed by atoms with Crippen molar-refractivity contribution in [3.8, 4) is 0 Å². The van der Waals surface area contributed by atoms with E-state index in [9.17, 15) is 0 Å². The monoisotopic (exact) mass is 212 g/mol. The third-order valence-electron chi connectivity index (χ3n) is 2.39. The minimum atomic E-state index is 0.497. The molecule has 0 saturated carbocycles. The van der Waals surface area contributed by atoms with E-state index in [1.54, 1.807) is 0 Å². The normalized spacial score (nSPS) is 10.3. The number of nitrogens with zero attached hydrogens (tertiary/aromatic N) is 1. The summed E-state index contributed by atoms with van der Waals surface area (Å²) in [5.41, 5.74) is 7.71. The number of anilines is 1. The van der Waals surface area contributed by atoms with Gasteiger partial charge in [0.15, 0.2) is 0 Å². The summed E-state index contributed by atoms with van der Waals surface area (Å²) in [4.78, 5) is 2.26. The highest BCUT2D eigenvalue weighted by molar-refractivity contribution is 6.31. The van der Waals surface area contributed by atoms with Crippen molar-refractivity contribution >= 4 is 17.3 Å². The standard InChI is InChI=1S/C11H17ClN2/c1-3-14(4-2)10-6-5-9(8-13)11(12)7-10/h5-7H,3-4,8,13H2,1-2H3. The second-order valence-electron chi connectivity index (χ2n) is 3.15. The van der Waals surface area contributed by atoms with Crippen LogP contribution in [0.4, 0.5) is 5.69 Å². The fourth-order valence-electron chi connectivity index (χ4n) is 1.49. The SMILES string of the molecule is CCN(CC)c1ccc(CN)c(Cl)c1. The zero-order chi connectivity index (χ0) is 10.6. The summed E-state index contributed by atoms with van der Waals surface area (Å²) < 4.78 is 0. The molecule has 0 aliphatic rings. The van der Waals surface area contributed by atoms with E-state index in [2.05, 4.69) is 24.8 Å². The van der Waals surface area contributed by atoms with Crippen LogP contribution in [0.5, 0.6) is 0 Å². The Hall–Kier alpha value is -0.730. The average molecular weight is 213 g/mol. The van der Waals surface area contributed by atoms with Crippen LogP contribution in [0.2, 0.25) is 5.02 Å². The zero-order valence-corrected chi connectivity index (χ0v) is 9.51. The molecule has 0 bridgehead atoms. The molecule has 1 rings (SSSR count). The van der Waals surface area contributed by atoms with Crippen LogP contribution in [0.3, 0.4) is 0 Å². The molecule has 14 heavy (non-hydrogen) atoms. The van der Waals surface area contributed by atoms with Crippen molar-refractivity contribution in [1.82, 2.24) is 0 Å². The predicted molar refractivity (Wildman–Crippen MR) is 62.9 cm³/mol. The molecule has 0 radical (unpaired) electrons. The zero-order valence-electron chi connectivity index (χ0n) is 8.76. The van der Waals surface area contributed by atoms with Crippen molar-refractivity contribution in [3.63, 3.8) is 0 Å². The summed E-state index contributed by atoms with van der Waals surface area (Å²) in [6.07, 6.45) is 0. The molecule has 0 atom stereocenters. The first-order valence-electron chi connectivity index (χ1n) is 4.96. The molecule has 0 unspecified atom stereocenters. The van der Waals surface area contributed by atoms with Gasteiger partial charge in [-0.2, -0.15) is 0 Å². The van der Waals surface area contributed by atoms with Crippen LogP contribution >= 0.6 is 11.6 Å². The molecule has 0 spiro atoms. The lowest BCUT2D eigenvalue weighted by molar-refractivity contribution is 0.865. The first kappa shape index (κ1) is 11.3. The van der Waals surface area contributed by atoms with Crippen LogP contribution in [-0.4, -0.2) is 13.1 Å². The third kappa shape index (κ3) is 2.40. The molecule has 0 saturated heterocycles. The van der Waals surface area contributed by atoms with Crippen molar-refractivity contribution in [3.05, 3.63) is 28.8 Å². The van der Waals surface area contributed by atoms with Gasteiger partial charge in [-0.3, -0.25) is 0 Å². The lowest BCUT2D eigenvalue weighted by atomic mass is 10.2. The molecule has 0 aliphatic heterocycles. The van der Waals surface area contributed by atoms with Crippen molar-refractivity contribution in [2.45, 2.75) is 20.4 Å². The second-order valence-corrected chi connectivity index (χ2v) is 3.56. The van der Waals surface area contributed by atoms with Gasteiger partial charge in [0.2, 0.25) is 0 Å². The summed E-state index contributed by atoms with van der Waals surface area (Å²) in [6.45, 7) is 6.75. The maximum Gasteiger partial charge on any atom is 0.0471 e. The maximum absolute atomic E-state index is 6.08. The van der Waals surface area contributed by atoms with Crippen LogP contribution in [0.25, 0.3) is 0 Å². The Morgan fingerprint density at radius 3 is 2.36 bits per heavy atom. The van der Waals surface area contributed by atoms with Gasteiger partial charge in [-0.1, -0.05) is 17.7 Å². The van der Waals surface area contributed by atoms with Gasteiger partial charge >= 0.3 is 0 Å². The maximum atomic E-state index is 6.08. The minimum Gasteiger partial charge on any atom is -0.372 e. The van der Waals surface area contributed by atoms with Gasteiger partial charge < -0.3 is 10.6 Å². The largest absolute Gasteiger partial charge is 0.372 e. The van der Waals surface area contributed by atoms with E-state index in [-0.39, 0.29) is 0 Å². The van der Waals surface area contributed by atoms with Gasteiger partial charge in [0.1, 0.15) is 0 Å². The van der Waals surface area contributed by atoms with E-state index >= 15 is 0 Å². The summed E-state index contributed by atoms with van der Waals surface area (Å²) in [6, 6.07) is 6.05. The number of hydrogen-bond donors (Lipinski definition) is 1. The Morgan fingerprint density at radius 1 is 1.29 bits per heavy atom. The van der Waals surface area contributed by atoms with E-state index in [1.165, 1.54) is 0 Å². The third-order valence-corrected chi connectivity index (χ3v) is 2.74. The molecule has 1 aromatic carbocycles. The molecule has 0 amide bonds. The molecule has 0 fully saturated rings. The second kappa shape index (κ2) is 5.23. The highest BCUT2D eigenvalue weighted by Gasteiger charge is 2.04. The van der Waals surface area contributed by atoms with E-state index in [0.29, 0.717) is 6.54 Å². The number of benzene rings is 1. The Morgan fingerprint density at radius 2 is 1.93 bits per heavy atom. The van der Waals surface area contributed by atoms with Gasteiger partial charge in [0, 0.05) is 30.3 Å². The minimum absolute atomic E-state index is 0.497. The van der Waals surface area contributed by atoms with Crippen molar-refractivity contribution in [2.75, 3.05) is 18.0 Å². The molecular weight excluding hydrogens is 196 g/mol. The first-order valence-corrected chi connectivity index (χ1v) is 5.34. The van der Waals surface area contributed by atoms with Crippen LogP contribution < -0.4 is 10.6 Å². The smallest absolute Gasteiger partial charge is 0.0471 e. The molecule has 78 valence electrons. The Bertz CT molecular complexity index is 295. The van der Waals surface area contributed by atoms with Gasteiger partial charge in [-0.25, -0.2) is 0 Å². The van der Waals surface area contributed by atoms with Crippen LogP contribution in [0.15, 0.2) is 18.2 Å². The average Bonchev–Trinajstić information content (AvgIpc) is 2.20. The van der Waals surface area contributed by atoms with Gasteiger partial charge in [0.25, 0.3) is 0 Å². The van der Waals surface area contributed by atoms with E-state index in [1.807, 2.05) is 12.1 Å². The van der Waals surface area contributed by atoms with Crippen molar-refractivity contribution < 1.29 is 0 Å². The summed E-state index contributed by atoms with van der Waals surface area (Å²) in [7, 11) is 0. The predicted octanol–water partition coefficient (Wildman–Crippen LogP) is 2.64. The van der Waals surface area contributed by atoms with Crippen LogP contribution in [0.1, 0.15) is 19.4 Å². The molecular formula is C11H17ClN2. The van der Waals surface area contributed by atoms with Gasteiger partial charge in [-0.15, -0.1) is 0 Å². The van der Waals surface area contributed by atoms with Crippen molar-refractivity contribution in [2.24, 2.45) is 5.73 Å².